The normalized spacial score (nSPS) is 17.5. The minimum absolute atomic E-state index is 0.0686. The fraction of sp³-hybridized carbons (Fsp3) is 0.483. The third kappa shape index (κ3) is 5.45. The molecule has 0 radical (unpaired) electrons. The average Bonchev–Trinajstić information content (AvgIpc) is 3.53. The molecule has 4 aromatic heterocycles. The number of nitriles is 1. The second-order valence-corrected chi connectivity index (χ2v) is 11.0. The lowest BCUT2D eigenvalue weighted by Crippen LogP contribution is -2.52. The molecular formula is C29H32F2N8O3. The van der Waals surface area contributed by atoms with E-state index in [1.807, 2.05) is 11.6 Å². The molecular weight excluding hydrogens is 546 g/mol. The van der Waals surface area contributed by atoms with Crippen molar-refractivity contribution in [3.63, 3.8) is 0 Å². The minimum Gasteiger partial charge on any atom is -0.488 e. The van der Waals surface area contributed by atoms with Gasteiger partial charge in [-0.2, -0.15) is 10.4 Å². The van der Waals surface area contributed by atoms with Crippen LogP contribution in [-0.2, 0) is 9.47 Å². The molecule has 4 aromatic rings. The number of hydrogen-bond acceptors (Lipinski definition) is 9. The van der Waals surface area contributed by atoms with E-state index in [0.717, 1.165) is 57.1 Å². The van der Waals surface area contributed by atoms with Crippen molar-refractivity contribution < 1.29 is 23.0 Å². The SMILES string of the molecule is Cc1c(-c2cc(OCC(OC(C)C)c3ncc(F)cc3F)c3c(C#N)cnn3c2)nnn1C1CCN(C2COC2)CC1. The monoisotopic (exact) mass is 578 g/mol. The Morgan fingerprint density at radius 1 is 1.14 bits per heavy atom. The van der Waals surface area contributed by atoms with Crippen LogP contribution >= 0.6 is 0 Å². The molecule has 2 fully saturated rings. The first-order valence-electron chi connectivity index (χ1n) is 14.1. The molecule has 1 unspecified atom stereocenters. The van der Waals surface area contributed by atoms with Gasteiger partial charge in [0.25, 0.3) is 0 Å². The lowest BCUT2D eigenvalue weighted by molar-refractivity contribution is -0.0735. The van der Waals surface area contributed by atoms with Crippen LogP contribution < -0.4 is 4.74 Å². The van der Waals surface area contributed by atoms with Crippen molar-refractivity contribution >= 4 is 5.52 Å². The third-order valence-electron chi connectivity index (χ3n) is 7.85. The van der Waals surface area contributed by atoms with Gasteiger partial charge in [-0.15, -0.1) is 5.10 Å². The van der Waals surface area contributed by atoms with Gasteiger partial charge < -0.3 is 14.2 Å². The molecule has 0 aromatic carbocycles. The number of fused-ring (bicyclic) bond motifs is 1. The van der Waals surface area contributed by atoms with Crippen LogP contribution in [0.25, 0.3) is 16.8 Å². The molecule has 11 nitrogen and oxygen atoms in total. The van der Waals surface area contributed by atoms with Crippen LogP contribution in [0, 0.1) is 29.9 Å². The number of hydrogen-bond donors (Lipinski definition) is 0. The second kappa shape index (κ2) is 11.7. The van der Waals surface area contributed by atoms with Crippen LogP contribution in [-0.4, -0.2) is 79.5 Å². The highest BCUT2D eigenvalue weighted by Gasteiger charge is 2.31. The lowest BCUT2D eigenvalue weighted by Gasteiger charge is -2.41. The van der Waals surface area contributed by atoms with Gasteiger partial charge in [-0.3, -0.25) is 9.88 Å². The van der Waals surface area contributed by atoms with Crippen molar-refractivity contribution in [1.82, 2.24) is 34.5 Å². The van der Waals surface area contributed by atoms with Gasteiger partial charge in [0.15, 0.2) is 0 Å². The summed E-state index contributed by atoms with van der Waals surface area (Å²) in [5.74, 6) is -1.27. The summed E-state index contributed by atoms with van der Waals surface area (Å²) in [7, 11) is 0. The number of pyridine rings is 2. The third-order valence-corrected chi connectivity index (χ3v) is 7.85. The first-order valence-corrected chi connectivity index (χ1v) is 14.1. The van der Waals surface area contributed by atoms with Crippen molar-refractivity contribution in [3.05, 3.63) is 59.3 Å². The topological polar surface area (TPSA) is 116 Å². The molecule has 0 spiro atoms. The van der Waals surface area contributed by atoms with Crippen LogP contribution in [0.1, 0.15) is 55.8 Å². The van der Waals surface area contributed by atoms with Crippen molar-refractivity contribution in [2.24, 2.45) is 0 Å². The molecule has 0 N–H and O–H groups in total. The molecule has 0 saturated carbocycles. The molecule has 0 amide bonds. The molecule has 6 heterocycles. The molecule has 0 bridgehead atoms. The van der Waals surface area contributed by atoms with Crippen LogP contribution in [0.4, 0.5) is 8.78 Å². The van der Waals surface area contributed by atoms with E-state index >= 15 is 0 Å². The van der Waals surface area contributed by atoms with Gasteiger partial charge in [0.05, 0.1) is 49.5 Å². The summed E-state index contributed by atoms with van der Waals surface area (Å²) in [6.45, 7) is 9.06. The molecule has 13 heteroatoms. The van der Waals surface area contributed by atoms with Crippen molar-refractivity contribution in [3.8, 4) is 23.1 Å². The zero-order chi connectivity index (χ0) is 29.4. The Kier molecular flexibility index (Phi) is 7.85. The van der Waals surface area contributed by atoms with E-state index in [1.165, 1.54) is 6.20 Å². The molecule has 42 heavy (non-hydrogen) atoms. The summed E-state index contributed by atoms with van der Waals surface area (Å²) in [4.78, 5) is 6.41. The summed E-state index contributed by atoms with van der Waals surface area (Å²) in [5.41, 5.74) is 2.98. The summed E-state index contributed by atoms with van der Waals surface area (Å²) in [5, 5.41) is 23.1. The van der Waals surface area contributed by atoms with E-state index in [2.05, 4.69) is 31.4 Å². The maximum Gasteiger partial charge on any atom is 0.150 e. The highest BCUT2D eigenvalue weighted by atomic mass is 19.1. The van der Waals surface area contributed by atoms with Gasteiger partial charge >= 0.3 is 0 Å². The fourth-order valence-corrected chi connectivity index (χ4v) is 5.63. The Balaban J connectivity index is 1.29. The Morgan fingerprint density at radius 3 is 2.60 bits per heavy atom. The quantitative estimate of drug-likeness (QED) is 0.290. The Bertz CT molecular complexity index is 1620. The first kappa shape index (κ1) is 28.1. The van der Waals surface area contributed by atoms with E-state index in [9.17, 15) is 14.0 Å². The van der Waals surface area contributed by atoms with Gasteiger partial charge in [0, 0.05) is 30.9 Å². The Hall–Kier alpha value is -3.99. The molecule has 2 saturated heterocycles. The van der Waals surface area contributed by atoms with Crippen LogP contribution in [0.5, 0.6) is 5.75 Å². The van der Waals surface area contributed by atoms with Gasteiger partial charge in [0.2, 0.25) is 0 Å². The summed E-state index contributed by atoms with van der Waals surface area (Å²) in [6.07, 6.45) is 4.92. The molecule has 2 aliphatic rings. The average molecular weight is 579 g/mol. The van der Waals surface area contributed by atoms with Gasteiger partial charge in [-0.1, -0.05) is 5.21 Å². The zero-order valence-electron chi connectivity index (χ0n) is 23.7. The lowest BCUT2D eigenvalue weighted by atomic mass is 10.0. The number of rotatable bonds is 9. The summed E-state index contributed by atoms with van der Waals surface area (Å²) in [6, 6.07) is 5.45. The number of piperidine rings is 1. The maximum atomic E-state index is 14.6. The molecule has 220 valence electrons. The molecule has 2 aliphatic heterocycles. The van der Waals surface area contributed by atoms with E-state index in [1.54, 1.807) is 30.6 Å². The number of aromatic nitrogens is 6. The smallest absolute Gasteiger partial charge is 0.150 e. The second-order valence-electron chi connectivity index (χ2n) is 11.0. The molecule has 0 aliphatic carbocycles. The maximum absolute atomic E-state index is 14.6. The van der Waals surface area contributed by atoms with Crippen LogP contribution in [0.3, 0.4) is 0 Å². The van der Waals surface area contributed by atoms with E-state index in [4.69, 9.17) is 14.2 Å². The largest absolute Gasteiger partial charge is 0.488 e. The van der Waals surface area contributed by atoms with E-state index in [-0.39, 0.29) is 24.4 Å². The van der Waals surface area contributed by atoms with Gasteiger partial charge in [-0.25, -0.2) is 18.0 Å². The predicted molar refractivity (Wildman–Crippen MR) is 147 cm³/mol. The Morgan fingerprint density at radius 2 is 1.93 bits per heavy atom. The van der Waals surface area contributed by atoms with E-state index < -0.39 is 17.7 Å². The van der Waals surface area contributed by atoms with Crippen molar-refractivity contribution in [1.29, 1.82) is 5.26 Å². The minimum atomic E-state index is -0.928. The number of nitrogens with zero attached hydrogens (tertiary/aromatic N) is 8. The Labute approximate surface area is 241 Å². The molecule has 1 atom stereocenters. The van der Waals surface area contributed by atoms with E-state index in [0.29, 0.717) is 34.1 Å². The summed E-state index contributed by atoms with van der Waals surface area (Å²) < 4.78 is 49.2. The number of ether oxygens (including phenoxy) is 3. The highest BCUT2D eigenvalue weighted by Crippen LogP contribution is 2.34. The van der Waals surface area contributed by atoms with Gasteiger partial charge in [0.1, 0.15) is 58.6 Å². The number of halogens is 2. The van der Waals surface area contributed by atoms with Crippen molar-refractivity contribution in [2.75, 3.05) is 32.9 Å². The fourth-order valence-electron chi connectivity index (χ4n) is 5.63. The first-order chi connectivity index (χ1) is 20.3. The highest BCUT2D eigenvalue weighted by molar-refractivity contribution is 5.74. The number of likely N-dealkylation sites (tertiary alicyclic amines) is 1. The predicted octanol–water partition coefficient (Wildman–Crippen LogP) is 4.03. The van der Waals surface area contributed by atoms with Crippen LogP contribution in [0.15, 0.2) is 30.7 Å². The summed E-state index contributed by atoms with van der Waals surface area (Å²) >= 11 is 0. The molecule has 6 rings (SSSR count). The zero-order valence-corrected chi connectivity index (χ0v) is 23.7. The van der Waals surface area contributed by atoms with Gasteiger partial charge in [-0.05, 0) is 39.7 Å². The standard InChI is InChI=1S/C29H32F2N8O3/c1-17(2)42-26(28-24(31)9-21(30)12-33-28)16-41-25-8-19(13-38-29(25)20(10-32)11-34-38)27-18(3)39(36-35-27)22-4-6-37(7-5-22)23-14-40-15-23/h8-9,11-13,17,22-23,26H,4-7,14-16H2,1-3H3. The van der Waals surface area contributed by atoms with Crippen molar-refractivity contribution in [2.45, 2.75) is 57.9 Å². The van der Waals surface area contributed by atoms with Crippen LogP contribution in [0.2, 0.25) is 0 Å².